The number of carbonyl (C=O) groups excluding carboxylic acids is 2. The van der Waals surface area contributed by atoms with E-state index < -0.39 is 0 Å². The highest BCUT2D eigenvalue weighted by atomic mass is 19.1. The van der Waals surface area contributed by atoms with Crippen LogP contribution in [0.4, 0.5) is 27.5 Å². The predicted octanol–water partition coefficient (Wildman–Crippen LogP) is 3.73. The first kappa shape index (κ1) is 21.8. The first-order chi connectivity index (χ1) is 16.4. The second kappa shape index (κ2) is 8.74. The highest BCUT2D eigenvalue weighted by Gasteiger charge is 2.41. The number of carbonyl (C=O) groups is 2. The van der Waals surface area contributed by atoms with E-state index in [2.05, 4.69) is 20.5 Å². The third kappa shape index (κ3) is 4.05. The van der Waals surface area contributed by atoms with Crippen LogP contribution in [0, 0.1) is 12.7 Å². The minimum Gasteiger partial charge on any atom is -0.350 e. The van der Waals surface area contributed by atoms with Crippen LogP contribution in [0.25, 0.3) is 0 Å². The molecule has 2 N–H and O–H groups in total. The Kier molecular flexibility index (Phi) is 5.61. The van der Waals surface area contributed by atoms with Gasteiger partial charge in [0.05, 0.1) is 5.69 Å². The topological polar surface area (TPSA) is 90.5 Å². The van der Waals surface area contributed by atoms with Crippen molar-refractivity contribution in [2.75, 3.05) is 34.0 Å². The zero-order valence-corrected chi connectivity index (χ0v) is 19.0. The zero-order valence-electron chi connectivity index (χ0n) is 19.0. The molecule has 1 aromatic heterocycles. The normalized spacial score (nSPS) is 16.8. The van der Waals surface area contributed by atoms with Gasteiger partial charge in [0.1, 0.15) is 17.5 Å². The molecule has 1 atom stereocenters. The second-order valence-electron chi connectivity index (χ2n) is 8.57. The number of hydrogen-bond acceptors (Lipinski definition) is 6. The summed E-state index contributed by atoms with van der Waals surface area (Å²) in [5.74, 6) is 0.737. The number of likely N-dealkylation sites (N-methyl/N-ethyl adjacent to an activating group) is 1. The lowest BCUT2D eigenvalue weighted by atomic mass is 10.1. The number of fused-ring (bicyclic) bond motifs is 3. The number of aryl methyl sites for hydroxylation is 1. The van der Waals surface area contributed by atoms with E-state index in [-0.39, 0.29) is 23.7 Å². The molecule has 0 aliphatic carbocycles. The first-order valence-corrected chi connectivity index (χ1v) is 11.2. The first-order valence-electron chi connectivity index (χ1n) is 11.2. The summed E-state index contributed by atoms with van der Waals surface area (Å²) < 4.78 is 13.0. The average molecular weight is 461 g/mol. The van der Waals surface area contributed by atoms with Crippen LogP contribution < -0.4 is 20.4 Å². The van der Waals surface area contributed by atoms with Crippen molar-refractivity contribution in [2.45, 2.75) is 32.4 Å². The van der Waals surface area contributed by atoms with Crippen LogP contribution in [0.2, 0.25) is 0 Å². The van der Waals surface area contributed by atoms with E-state index in [1.165, 1.54) is 24.3 Å². The third-order valence-corrected chi connectivity index (χ3v) is 6.28. The van der Waals surface area contributed by atoms with Gasteiger partial charge in [0.15, 0.2) is 5.82 Å². The van der Waals surface area contributed by atoms with Crippen LogP contribution in [-0.4, -0.2) is 41.4 Å². The van der Waals surface area contributed by atoms with Gasteiger partial charge in [-0.25, -0.2) is 9.37 Å². The van der Waals surface area contributed by atoms with Gasteiger partial charge >= 0.3 is 0 Å². The molecule has 3 heterocycles. The molecule has 9 heteroatoms. The van der Waals surface area contributed by atoms with Crippen molar-refractivity contribution >= 4 is 35.0 Å². The lowest BCUT2D eigenvalue weighted by Crippen LogP contribution is -2.49. The highest BCUT2D eigenvalue weighted by molar-refractivity contribution is 6.05. The summed E-state index contributed by atoms with van der Waals surface area (Å²) in [7, 11) is 1.79. The number of halogens is 1. The molecule has 0 unspecified atom stereocenters. The smallest absolute Gasteiger partial charge is 0.255 e. The number of nitrogens with one attached hydrogen (secondary N) is 2. The Bertz CT molecular complexity index is 1250. The number of aromatic nitrogens is 2. The number of nitrogens with zero attached hydrogens (tertiary/aromatic N) is 4. The Balaban J connectivity index is 1.26. The summed E-state index contributed by atoms with van der Waals surface area (Å²) in [6.45, 7) is 3.21. The van der Waals surface area contributed by atoms with Crippen molar-refractivity contribution in [3.05, 3.63) is 71.2 Å². The lowest BCUT2D eigenvalue weighted by molar-refractivity contribution is -0.119. The summed E-state index contributed by atoms with van der Waals surface area (Å²) in [4.78, 5) is 38.1. The van der Waals surface area contributed by atoms with Crippen LogP contribution >= 0.6 is 0 Å². The predicted molar refractivity (Wildman–Crippen MR) is 129 cm³/mol. The third-order valence-electron chi connectivity index (χ3n) is 6.28. The number of anilines is 4. The van der Waals surface area contributed by atoms with E-state index in [0.717, 1.165) is 42.1 Å². The van der Waals surface area contributed by atoms with Crippen LogP contribution in [0.1, 0.15) is 34.5 Å². The number of benzene rings is 2. The van der Waals surface area contributed by atoms with Crippen LogP contribution in [0.5, 0.6) is 0 Å². The zero-order chi connectivity index (χ0) is 23.8. The quantitative estimate of drug-likeness (QED) is 0.603. The van der Waals surface area contributed by atoms with E-state index in [1.807, 2.05) is 31.2 Å². The summed E-state index contributed by atoms with van der Waals surface area (Å²) in [5.41, 5.74) is 3.55. The SMILES string of the molecule is Cc1nc(NCc2ccc(NC(=O)c3ccc(F)cc3)cc2)nc2c1N(C)C(=O)[C@H]1CCCN21. The van der Waals surface area contributed by atoms with Crippen molar-refractivity contribution in [1.82, 2.24) is 9.97 Å². The summed E-state index contributed by atoms with van der Waals surface area (Å²) in [6.07, 6.45) is 1.82. The Hall–Kier alpha value is -4.01. The molecule has 1 fully saturated rings. The molecular formula is C25H25FN6O2. The molecule has 34 heavy (non-hydrogen) atoms. The molecule has 0 saturated carbocycles. The molecule has 0 bridgehead atoms. The molecule has 2 aromatic carbocycles. The molecule has 8 nitrogen and oxygen atoms in total. The van der Waals surface area contributed by atoms with Crippen LogP contribution in [0.3, 0.4) is 0 Å². The Morgan fingerprint density at radius 2 is 1.85 bits per heavy atom. The number of rotatable bonds is 5. The fourth-order valence-corrected chi connectivity index (χ4v) is 4.53. The van der Waals surface area contributed by atoms with Gasteiger partial charge < -0.3 is 20.4 Å². The van der Waals surface area contributed by atoms with E-state index in [1.54, 1.807) is 11.9 Å². The molecule has 174 valence electrons. The molecule has 3 aromatic rings. The maximum absolute atomic E-state index is 13.0. The van der Waals surface area contributed by atoms with E-state index in [9.17, 15) is 14.0 Å². The Morgan fingerprint density at radius 3 is 2.59 bits per heavy atom. The highest BCUT2D eigenvalue weighted by Crippen LogP contribution is 2.40. The van der Waals surface area contributed by atoms with Gasteiger partial charge in [-0.3, -0.25) is 9.59 Å². The summed E-state index contributed by atoms with van der Waals surface area (Å²) >= 11 is 0. The minimum atomic E-state index is -0.382. The maximum Gasteiger partial charge on any atom is 0.255 e. The number of hydrogen-bond donors (Lipinski definition) is 2. The van der Waals surface area contributed by atoms with Crippen LogP contribution in [-0.2, 0) is 11.3 Å². The van der Waals surface area contributed by atoms with Gasteiger partial charge in [-0.1, -0.05) is 12.1 Å². The molecule has 2 amide bonds. The van der Waals surface area contributed by atoms with E-state index in [4.69, 9.17) is 4.98 Å². The second-order valence-corrected chi connectivity index (χ2v) is 8.57. The fraction of sp³-hybridized carbons (Fsp3) is 0.280. The Labute approximate surface area is 196 Å². The standard InChI is InChI=1S/C25H25FN6O2/c1-15-21-22(32-13-3-4-20(32)24(34)31(21)2)30-25(28-15)27-14-16-5-11-19(12-6-16)29-23(33)17-7-9-18(26)10-8-17/h5-12,20H,3-4,13-14H2,1-2H3,(H,29,33)(H,27,28,30)/t20-/m1/s1. The fourth-order valence-electron chi connectivity index (χ4n) is 4.53. The maximum atomic E-state index is 13.0. The van der Waals surface area contributed by atoms with Gasteiger partial charge in [-0.05, 0) is 61.7 Å². The molecule has 5 rings (SSSR count). The average Bonchev–Trinajstić information content (AvgIpc) is 3.33. The van der Waals surface area contributed by atoms with E-state index in [0.29, 0.717) is 23.7 Å². The van der Waals surface area contributed by atoms with Crippen molar-refractivity contribution in [3.8, 4) is 0 Å². The Morgan fingerprint density at radius 1 is 1.12 bits per heavy atom. The molecule has 1 saturated heterocycles. The van der Waals surface area contributed by atoms with Crippen LogP contribution in [0.15, 0.2) is 48.5 Å². The van der Waals surface area contributed by atoms with Gasteiger partial charge in [-0.2, -0.15) is 4.98 Å². The van der Waals surface area contributed by atoms with Crippen molar-refractivity contribution in [2.24, 2.45) is 0 Å². The van der Waals surface area contributed by atoms with Gasteiger partial charge in [0, 0.05) is 31.4 Å². The summed E-state index contributed by atoms with van der Waals surface area (Å²) in [6, 6.07) is 12.7. The molecule has 2 aliphatic heterocycles. The van der Waals surface area contributed by atoms with Gasteiger partial charge in [-0.15, -0.1) is 0 Å². The van der Waals surface area contributed by atoms with Crippen molar-refractivity contribution in [1.29, 1.82) is 0 Å². The summed E-state index contributed by atoms with van der Waals surface area (Å²) in [5, 5.41) is 6.08. The molecule has 0 radical (unpaired) electrons. The molecule has 0 spiro atoms. The molecular weight excluding hydrogens is 435 g/mol. The van der Waals surface area contributed by atoms with Crippen molar-refractivity contribution < 1.29 is 14.0 Å². The number of amides is 2. The van der Waals surface area contributed by atoms with Crippen molar-refractivity contribution in [3.63, 3.8) is 0 Å². The molecule has 2 aliphatic rings. The minimum absolute atomic E-state index is 0.101. The van der Waals surface area contributed by atoms with Gasteiger partial charge in [0.25, 0.3) is 5.91 Å². The largest absolute Gasteiger partial charge is 0.350 e. The van der Waals surface area contributed by atoms with Gasteiger partial charge in [0.2, 0.25) is 11.9 Å². The van der Waals surface area contributed by atoms with E-state index >= 15 is 0 Å². The lowest BCUT2D eigenvalue weighted by Gasteiger charge is -2.37. The monoisotopic (exact) mass is 460 g/mol.